The van der Waals surface area contributed by atoms with Gasteiger partial charge in [0, 0.05) is 10.5 Å². The van der Waals surface area contributed by atoms with E-state index >= 15 is 0 Å². The lowest BCUT2D eigenvalue weighted by atomic mass is 10.1. The van der Waals surface area contributed by atoms with Gasteiger partial charge in [-0.15, -0.1) is 0 Å². The highest BCUT2D eigenvalue weighted by molar-refractivity contribution is 8.00. The topological polar surface area (TPSA) is 40.5 Å². The molecule has 2 nitrogen and oxygen atoms in total. The van der Waals surface area contributed by atoms with Gasteiger partial charge in [0.1, 0.15) is 0 Å². The molecule has 0 amide bonds. The van der Waals surface area contributed by atoms with Crippen LogP contribution in [-0.4, -0.2) is 32.9 Å². The molecule has 4 unspecified atom stereocenters. The molecule has 0 saturated carbocycles. The van der Waals surface area contributed by atoms with Crippen molar-refractivity contribution in [3.05, 3.63) is 0 Å². The molecule has 0 aromatic rings. The number of hydrogen-bond acceptors (Lipinski definition) is 3. The Bertz CT molecular complexity index is 95.2. The summed E-state index contributed by atoms with van der Waals surface area (Å²) in [4.78, 5) is 0. The summed E-state index contributed by atoms with van der Waals surface area (Å²) in [5, 5.41) is 18.7. The molecule has 1 heterocycles. The second-order valence-electron chi connectivity index (χ2n) is 2.53. The van der Waals surface area contributed by atoms with Gasteiger partial charge in [0.05, 0.1) is 12.2 Å². The Labute approximate surface area is 59.3 Å². The fourth-order valence-corrected chi connectivity index (χ4v) is 2.38. The zero-order valence-electron chi connectivity index (χ0n) is 5.61. The minimum atomic E-state index is -0.523. The normalized spacial score (nSPS) is 52.0. The lowest BCUT2D eigenvalue weighted by Crippen LogP contribution is -2.30. The van der Waals surface area contributed by atoms with Crippen molar-refractivity contribution in [1.82, 2.24) is 0 Å². The van der Waals surface area contributed by atoms with Crippen molar-refractivity contribution >= 4 is 11.8 Å². The van der Waals surface area contributed by atoms with E-state index < -0.39 is 12.2 Å². The Hall–Kier alpha value is 0.270. The zero-order chi connectivity index (χ0) is 7.02. The van der Waals surface area contributed by atoms with Crippen LogP contribution in [0.25, 0.3) is 0 Å². The van der Waals surface area contributed by atoms with Crippen LogP contribution < -0.4 is 0 Å². The molecule has 1 fully saturated rings. The summed E-state index contributed by atoms with van der Waals surface area (Å²) >= 11 is 1.64. The molecule has 0 bridgehead atoms. The highest BCUT2D eigenvalue weighted by atomic mass is 32.2. The van der Waals surface area contributed by atoms with E-state index in [-0.39, 0.29) is 10.5 Å². The lowest BCUT2D eigenvalue weighted by Gasteiger charge is -2.10. The van der Waals surface area contributed by atoms with Gasteiger partial charge in [0.25, 0.3) is 0 Å². The molecule has 3 heteroatoms. The van der Waals surface area contributed by atoms with Gasteiger partial charge >= 0.3 is 0 Å². The molecule has 0 aliphatic carbocycles. The predicted molar refractivity (Wildman–Crippen MR) is 38.5 cm³/mol. The van der Waals surface area contributed by atoms with Crippen LogP contribution in [0.1, 0.15) is 13.8 Å². The largest absolute Gasteiger partial charge is 0.389 e. The first-order valence-electron chi connectivity index (χ1n) is 3.14. The van der Waals surface area contributed by atoms with Crippen molar-refractivity contribution in [1.29, 1.82) is 0 Å². The van der Waals surface area contributed by atoms with Gasteiger partial charge in [-0.3, -0.25) is 0 Å². The molecule has 9 heavy (non-hydrogen) atoms. The minimum absolute atomic E-state index is 0.190. The first kappa shape index (κ1) is 7.38. The average molecular weight is 148 g/mol. The monoisotopic (exact) mass is 148 g/mol. The summed E-state index contributed by atoms with van der Waals surface area (Å²) in [5.41, 5.74) is 0. The van der Waals surface area contributed by atoms with Crippen molar-refractivity contribution in [3.8, 4) is 0 Å². The molecule has 1 saturated heterocycles. The molecule has 54 valence electrons. The molecular formula is C6H12O2S. The van der Waals surface area contributed by atoms with Crippen molar-refractivity contribution in [2.45, 2.75) is 36.6 Å². The second-order valence-corrected chi connectivity index (χ2v) is 4.29. The number of aliphatic hydroxyl groups is 2. The van der Waals surface area contributed by atoms with E-state index in [1.165, 1.54) is 0 Å². The third-order valence-corrected chi connectivity index (χ3v) is 3.16. The smallest absolute Gasteiger partial charge is 0.0925 e. The van der Waals surface area contributed by atoms with Crippen LogP contribution in [0.4, 0.5) is 0 Å². The zero-order valence-corrected chi connectivity index (χ0v) is 6.43. The summed E-state index contributed by atoms with van der Waals surface area (Å²) in [6.45, 7) is 3.87. The molecular weight excluding hydrogens is 136 g/mol. The predicted octanol–water partition coefficient (Wildman–Crippen LogP) is 0.232. The van der Waals surface area contributed by atoms with Crippen LogP contribution in [0.2, 0.25) is 0 Å². The van der Waals surface area contributed by atoms with Crippen molar-refractivity contribution in [2.75, 3.05) is 0 Å². The third-order valence-electron chi connectivity index (χ3n) is 1.74. The maximum absolute atomic E-state index is 9.17. The fraction of sp³-hybridized carbons (Fsp3) is 1.00. The van der Waals surface area contributed by atoms with Gasteiger partial charge in [-0.1, -0.05) is 13.8 Å². The highest BCUT2D eigenvalue weighted by Crippen LogP contribution is 2.33. The quantitative estimate of drug-likeness (QED) is 0.516. The minimum Gasteiger partial charge on any atom is -0.389 e. The third kappa shape index (κ3) is 1.23. The summed E-state index contributed by atoms with van der Waals surface area (Å²) in [6.07, 6.45) is -1.05. The average Bonchev–Trinajstić information content (AvgIpc) is 1.98. The first-order chi connectivity index (χ1) is 4.13. The number of thioether (sulfide) groups is 1. The van der Waals surface area contributed by atoms with E-state index in [0.717, 1.165) is 0 Å². The SMILES string of the molecule is CC1SC(C)C(O)C1O. The molecule has 0 radical (unpaired) electrons. The first-order valence-corrected chi connectivity index (χ1v) is 4.09. The molecule has 2 N–H and O–H groups in total. The maximum atomic E-state index is 9.17. The van der Waals surface area contributed by atoms with Crippen LogP contribution in [0.15, 0.2) is 0 Å². The molecule has 0 spiro atoms. The van der Waals surface area contributed by atoms with E-state index in [0.29, 0.717) is 0 Å². The van der Waals surface area contributed by atoms with E-state index in [1.54, 1.807) is 11.8 Å². The second kappa shape index (κ2) is 2.48. The van der Waals surface area contributed by atoms with Crippen molar-refractivity contribution < 1.29 is 10.2 Å². The van der Waals surface area contributed by atoms with Crippen LogP contribution in [0, 0.1) is 0 Å². The van der Waals surface area contributed by atoms with Crippen LogP contribution in [0.3, 0.4) is 0 Å². The summed E-state index contributed by atoms with van der Waals surface area (Å²) < 4.78 is 0. The van der Waals surface area contributed by atoms with Crippen molar-refractivity contribution in [2.24, 2.45) is 0 Å². The molecule has 4 atom stereocenters. The summed E-state index contributed by atoms with van der Waals surface area (Å²) in [5.74, 6) is 0. The molecule has 0 aromatic heterocycles. The van der Waals surface area contributed by atoms with Crippen molar-refractivity contribution in [3.63, 3.8) is 0 Å². The Kier molecular flexibility index (Phi) is 2.03. The van der Waals surface area contributed by atoms with Gasteiger partial charge in [-0.25, -0.2) is 0 Å². The van der Waals surface area contributed by atoms with E-state index in [9.17, 15) is 0 Å². The Morgan fingerprint density at radius 3 is 1.44 bits per heavy atom. The summed E-state index contributed by atoms with van der Waals surface area (Å²) in [7, 11) is 0. The molecule has 1 aliphatic rings. The van der Waals surface area contributed by atoms with Gasteiger partial charge in [0.15, 0.2) is 0 Å². The Morgan fingerprint density at radius 2 is 1.33 bits per heavy atom. The number of hydrogen-bond donors (Lipinski definition) is 2. The van der Waals surface area contributed by atoms with E-state index in [4.69, 9.17) is 10.2 Å². The molecule has 1 rings (SSSR count). The Balaban J connectivity index is 2.54. The highest BCUT2D eigenvalue weighted by Gasteiger charge is 2.36. The van der Waals surface area contributed by atoms with Crippen LogP contribution >= 0.6 is 11.8 Å². The molecule has 1 aliphatic heterocycles. The maximum Gasteiger partial charge on any atom is 0.0925 e. The summed E-state index contributed by atoms with van der Waals surface area (Å²) in [6, 6.07) is 0. The Morgan fingerprint density at radius 1 is 1.00 bits per heavy atom. The van der Waals surface area contributed by atoms with E-state index in [1.807, 2.05) is 13.8 Å². The molecule has 0 aromatic carbocycles. The van der Waals surface area contributed by atoms with Gasteiger partial charge in [0.2, 0.25) is 0 Å². The van der Waals surface area contributed by atoms with Crippen LogP contribution in [0.5, 0.6) is 0 Å². The van der Waals surface area contributed by atoms with Gasteiger partial charge < -0.3 is 10.2 Å². The number of aliphatic hydroxyl groups excluding tert-OH is 2. The van der Waals surface area contributed by atoms with E-state index in [2.05, 4.69) is 0 Å². The van der Waals surface area contributed by atoms with Gasteiger partial charge in [-0.05, 0) is 0 Å². The van der Waals surface area contributed by atoms with Gasteiger partial charge in [-0.2, -0.15) is 11.8 Å². The fourth-order valence-electron chi connectivity index (χ4n) is 1.05. The lowest BCUT2D eigenvalue weighted by molar-refractivity contribution is 0.0327. The van der Waals surface area contributed by atoms with Crippen LogP contribution in [-0.2, 0) is 0 Å². The standard InChI is InChI=1S/C6H12O2S/c1-3-5(7)6(8)4(2)9-3/h3-8H,1-2H3. The number of rotatable bonds is 0.